The molecule has 0 saturated carbocycles. The van der Waals surface area contributed by atoms with Crippen molar-refractivity contribution in [3.05, 3.63) is 69.5 Å². The maximum Gasteiger partial charge on any atom is 0.262 e. The zero-order valence-corrected chi connectivity index (χ0v) is 17.9. The Morgan fingerprint density at radius 2 is 2.00 bits per heavy atom. The topological polar surface area (TPSA) is 64.4 Å². The van der Waals surface area contributed by atoms with E-state index in [0.29, 0.717) is 40.8 Å². The first-order valence-electron chi connectivity index (χ1n) is 9.09. The van der Waals surface area contributed by atoms with Crippen molar-refractivity contribution >= 4 is 40.2 Å². The predicted molar refractivity (Wildman–Crippen MR) is 117 cm³/mol. The summed E-state index contributed by atoms with van der Waals surface area (Å²) in [7, 11) is 3.34. The fourth-order valence-corrected chi connectivity index (χ4v) is 3.98. The minimum absolute atomic E-state index is 0.0439. The van der Waals surface area contributed by atoms with Gasteiger partial charge in [0, 0.05) is 25.7 Å². The van der Waals surface area contributed by atoms with Crippen molar-refractivity contribution in [1.29, 1.82) is 0 Å². The van der Waals surface area contributed by atoms with E-state index in [-0.39, 0.29) is 17.2 Å². The average Bonchev–Trinajstić information content (AvgIpc) is 2.72. The molecule has 0 spiro atoms. The van der Waals surface area contributed by atoms with Gasteiger partial charge in [0.1, 0.15) is 0 Å². The molecule has 0 unspecified atom stereocenters. The summed E-state index contributed by atoms with van der Waals surface area (Å²) >= 11 is 7.30. The summed E-state index contributed by atoms with van der Waals surface area (Å²) in [5.74, 6) is 0.132. The highest BCUT2D eigenvalue weighted by Crippen LogP contribution is 2.21. The molecule has 0 saturated heterocycles. The van der Waals surface area contributed by atoms with Crippen molar-refractivity contribution in [3.63, 3.8) is 0 Å². The third-order valence-corrected chi connectivity index (χ3v) is 5.61. The second-order valence-electron chi connectivity index (χ2n) is 6.53. The van der Waals surface area contributed by atoms with Crippen molar-refractivity contribution in [2.75, 3.05) is 26.5 Å². The maximum atomic E-state index is 12.9. The molecular weight excluding hydrogens is 410 g/mol. The van der Waals surface area contributed by atoms with Crippen LogP contribution in [0.4, 0.5) is 0 Å². The molecule has 3 rings (SSSR count). The summed E-state index contributed by atoms with van der Waals surface area (Å²) in [4.78, 5) is 31.7. The van der Waals surface area contributed by atoms with E-state index < -0.39 is 0 Å². The molecule has 152 valence electrons. The van der Waals surface area contributed by atoms with Crippen LogP contribution in [0.2, 0.25) is 5.02 Å². The van der Waals surface area contributed by atoms with Crippen molar-refractivity contribution < 1.29 is 9.53 Å². The van der Waals surface area contributed by atoms with Gasteiger partial charge in [-0.2, -0.15) is 0 Å². The van der Waals surface area contributed by atoms with Crippen LogP contribution in [-0.2, 0) is 22.6 Å². The highest BCUT2D eigenvalue weighted by molar-refractivity contribution is 7.99. The van der Waals surface area contributed by atoms with Gasteiger partial charge in [-0.3, -0.25) is 14.2 Å². The molecule has 3 aromatic rings. The molecule has 1 amide bonds. The summed E-state index contributed by atoms with van der Waals surface area (Å²) in [6, 6.07) is 14.8. The van der Waals surface area contributed by atoms with E-state index >= 15 is 0 Å². The number of benzene rings is 2. The van der Waals surface area contributed by atoms with E-state index in [1.165, 1.54) is 11.8 Å². The largest absolute Gasteiger partial charge is 0.383 e. The maximum absolute atomic E-state index is 12.9. The number of carbonyl (C=O) groups excluding carboxylic acids is 1. The summed E-state index contributed by atoms with van der Waals surface area (Å²) in [6.45, 7) is 1.25. The first kappa shape index (κ1) is 21.4. The van der Waals surface area contributed by atoms with E-state index in [1.807, 2.05) is 30.3 Å². The normalized spacial score (nSPS) is 11.0. The molecule has 0 radical (unpaired) electrons. The molecule has 1 heterocycles. The summed E-state index contributed by atoms with van der Waals surface area (Å²) < 4.78 is 6.67. The molecule has 0 bridgehead atoms. The van der Waals surface area contributed by atoms with Crippen LogP contribution >= 0.6 is 23.4 Å². The zero-order chi connectivity index (χ0) is 20.8. The lowest BCUT2D eigenvalue weighted by molar-refractivity contribution is -0.127. The van der Waals surface area contributed by atoms with E-state index in [0.717, 1.165) is 5.56 Å². The van der Waals surface area contributed by atoms with Gasteiger partial charge in [0.2, 0.25) is 5.91 Å². The quantitative estimate of drug-likeness (QED) is 0.403. The summed E-state index contributed by atoms with van der Waals surface area (Å²) in [5, 5.41) is 1.47. The number of aromatic nitrogens is 2. The van der Waals surface area contributed by atoms with Gasteiger partial charge in [-0.05, 0) is 23.8 Å². The van der Waals surface area contributed by atoms with Crippen LogP contribution in [-0.4, -0.2) is 46.9 Å². The Balaban J connectivity index is 1.80. The molecule has 8 heteroatoms. The molecule has 6 nitrogen and oxygen atoms in total. The Kier molecular flexibility index (Phi) is 7.30. The number of halogens is 1. The number of rotatable bonds is 8. The van der Waals surface area contributed by atoms with E-state index in [4.69, 9.17) is 16.3 Å². The number of methoxy groups -OCH3 is 1. The Labute approximate surface area is 178 Å². The van der Waals surface area contributed by atoms with Crippen LogP contribution < -0.4 is 5.56 Å². The Morgan fingerprint density at radius 1 is 1.24 bits per heavy atom. The Bertz CT molecular complexity index is 1060. The number of carbonyl (C=O) groups is 1. The van der Waals surface area contributed by atoms with Crippen molar-refractivity contribution in [2.24, 2.45) is 0 Å². The first-order valence-corrected chi connectivity index (χ1v) is 10.5. The monoisotopic (exact) mass is 431 g/mol. The van der Waals surface area contributed by atoms with Gasteiger partial charge in [0.15, 0.2) is 5.16 Å². The SMILES string of the molecule is COCCn1c(SCC(=O)N(C)Cc2ccccc2)nc2cc(Cl)ccc2c1=O. The lowest BCUT2D eigenvalue weighted by Crippen LogP contribution is -2.29. The number of hydrogen-bond acceptors (Lipinski definition) is 5. The smallest absolute Gasteiger partial charge is 0.262 e. The second kappa shape index (κ2) is 9.91. The molecule has 0 N–H and O–H groups in total. The van der Waals surface area contributed by atoms with Crippen LogP contribution in [0.5, 0.6) is 0 Å². The summed E-state index contributed by atoms with van der Waals surface area (Å²) in [6.07, 6.45) is 0. The van der Waals surface area contributed by atoms with Crippen LogP contribution in [0.15, 0.2) is 58.5 Å². The molecule has 29 heavy (non-hydrogen) atoms. The van der Waals surface area contributed by atoms with Crippen LogP contribution in [0.25, 0.3) is 10.9 Å². The number of fused-ring (bicyclic) bond motifs is 1. The Hall–Kier alpha value is -2.35. The third kappa shape index (κ3) is 5.38. The van der Waals surface area contributed by atoms with E-state index in [9.17, 15) is 9.59 Å². The number of thioether (sulfide) groups is 1. The molecule has 0 aliphatic heterocycles. The average molecular weight is 432 g/mol. The van der Waals surface area contributed by atoms with Gasteiger partial charge in [0.05, 0.1) is 29.8 Å². The molecule has 2 aromatic carbocycles. The van der Waals surface area contributed by atoms with Gasteiger partial charge in [-0.15, -0.1) is 0 Å². The lowest BCUT2D eigenvalue weighted by Gasteiger charge is -2.18. The molecular formula is C21H22ClN3O3S. The minimum Gasteiger partial charge on any atom is -0.383 e. The van der Waals surface area contributed by atoms with Crippen molar-refractivity contribution in [1.82, 2.24) is 14.5 Å². The van der Waals surface area contributed by atoms with E-state index in [2.05, 4.69) is 4.98 Å². The van der Waals surface area contributed by atoms with Crippen molar-refractivity contribution in [2.45, 2.75) is 18.2 Å². The highest BCUT2D eigenvalue weighted by atomic mass is 35.5. The van der Waals surface area contributed by atoms with Gasteiger partial charge in [-0.25, -0.2) is 4.98 Å². The molecule has 1 aromatic heterocycles. The van der Waals surface area contributed by atoms with Crippen molar-refractivity contribution in [3.8, 4) is 0 Å². The van der Waals surface area contributed by atoms with Crippen LogP contribution in [0, 0.1) is 0 Å². The van der Waals surface area contributed by atoms with Gasteiger partial charge >= 0.3 is 0 Å². The predicted octanol–water partition coefficient (Wildman–Crippen LogP) is 3.45. The molecule has 0 atom stereocenters. The second-order valence-corrected chi connectivity index (χ2v) is 7.91. The standard InChI is InChI=1S/C21H22ClN3O3S/c1-24(13-15-6-4-3-5-7-15)19(26)14-29-21-23-18-12-16(22)8-9-17(18)20(27)25(21)10-11-28-2/h3-9,12H,10-11,13-14H2,1-2H3. The number of nitrogens with zero attached hydrogens (tertiary/aromatic N) is 3. The third-order valence-electron chi connectivity index (χ3n) is 4.41. The number of hydrogen-bond donors (Lipinski definition) is 0. The van der Waals surface area contributed by atoms with Crippen LogP contribution in [0.3, 0.4) is 0 Å². The molecule has 0 aliphatic carbocycles. The van der Waals surface area contributed by atoms with Gasteiger partial charge < -0.3 is 9.64 Å². The first-order chi connectivity index (χ1) is 14.0. The van der Waals surface area contributed by atoms with Gasteiger partial charge in [-0.1, -0.05) is 53.7 Å². The fraction of sp³-hybridized carbons (Fsp3) is 0.286. The number of ether oxygens (including phenoxy) is 1. The van der Waals surface area contributed by atoms with Gasteiger partial charge in [0.25, 0.3) is 5.56 Å². The Morgan fingerprint density at radius 3 is 2.72 bits per heavy atom. The molecule has 0 aliphatic rings. The lowest BCUT2D eigenvalue weighted by atomic mass is 10.2. The minimum atomic E-state index is -0.170. The van der Waals surface area contributed by atoms with Crippen LogP contribution in [0.1, 0.15) is 5.56 Å². The summed E-state index contributed by atoms with van der Waals surface area (Å²) in [5.41, 5.74) is 1.41. The fourth-order valence-electron chi connectivity index (χ4n) is 2.85. The zero-order valence-electron chi connectivity index (χ0n) is 16.3. The highest BCUT2D eigenvalue weighted by Gasteiger charge is 2.15. The number of amides is 1. The molecule has 0 fully saturated rings. The van der Waals surface area contributed by atoms with E-state index in [1.54, 1.807) is 41.8 Å².